The number of aliphatic hydroxyl groups is 1. The van der Waals surface area contributed by atoms with Gasteiger partial charge >= 0.3 is 39.5 Å². The van der Waals surface area contributed by atoms with Gasteiger partial charge in [-0.2, -0.15) is 0 Å². The van der Waals surface area contributed by atoms with Gasteiger partial charge in [0, 0.05) is 25.7 Å². The number of carbonyl (C=O) groups excluding carboxylic acids is 4. The van der Waals surface area contributed by atoms with Crippen LogP contribution in [0, 0.1) is 5.92 Å². The number of esters is 4. The minimum Gasteiger partial charge on any atom is -0.462 e. The number of phosphoric acid groups is 2. The van der Waals surface area contributed by atoms with Crippen molar-refractivity contribution in [3.05, 3.63) is 0 Å². The van der Waals surface area contributed by atoms with Crippen LogP contribution in [0.1, 0.15) is 394 Å². The monoisotopic (exact) mass is 1380 g/mol. The topological polar surface area (TPSA) is 237 Å². The number of hydrogen-bond donors (Lipinski definition) is 3. The molecular formula is C75H146O17P2. The van der Waals surface area contributed by atoms with E-state index in [2.05, 4.69) is 34.6 Å². The molecule has 0 saturated carbocycles. The second kappa shape index (κ2) is 68.2. The number of unbranched alkanes of at least 4 members (excludes halogenated alkanes) is 47. The third-order valence-electron chi connectivity index (χ3n) is 17.5. The first-order chi connectivity index (χ1) is 45.5. The molecule has 2 unspecified atom stereocenters. The Morgan fingerprint density at radius 3 is 0.723 bits per heavy atom. The standard InChI is InChI=1S/C75H146O17P2/c1-6-9-12-15-18-21-24-26-27-28-29-30-31-32-33-34-35-38-41-44-51-56-61-75(80)91-70(64-85-72(77)58-53-48-42-39-37-25-22-19-16-13-10-7-2)66-89-93(81,82)87-62-69(76)63-88-94(83,84)90-67-71(65-86-73(78)59-54-49-46-45-47-52-57-68(4)5)92-74(79)60-55-50-43-40-36-23-20-17-14-11-8-3/h68-71,76H,6-67H2,1-5H3,(H,81,82)(H,83,84)/t69-,70-,71-/m1/s1. The van der Waals surface area contributed by atoms with Gasteiger partial charge in [0.05, 0.1) is 26.4 Å². The molecule has 0 aliphatic heterocycles. The van der Waals surface area contributed by atoms with Gasteiger partial charge < -0.3 is 33.8 Å². The van der Waals surface area contributed by atoms with Crippen LogP contribution in [0.5, 0.6) is 0 Å². The molecule has 0 heterocycles. The van der Waals surface area contributed by atoms with E-state index < -0.39 is 97.5 Å². The van der Waals surface area contributed by atoms with Crippen molar-refractivity contribution in [1.82, 2.24) is 0 Å². The molecule has 0 aliphatic carbocycles. The minimum atomic E-state index is -4.95. The Morgan fingerprint density at radius 2 is 0.489 bits per heavy atom. The summed E-state index contributed by atoms with van der Waals surface area (Å²) in [7, 11) is -9.90. The van der Waals surface area contributed by atoms with Crippen LogP contribution in [0.2, 0.25) is 0 Å². The zero-order valence-electron chi connectivity index (χ0n) is 61.1. The number of ether oxygens (including phenoxy) is 4. The molecule has 5 atom stereocenters. The third kappa shape index (κ3) is 68.6. The van der Waals surface area contributed by atoms with E-state index in [0.29, 0.717) is 31.6 Å². The highest BCUT2D eigenvalue weighted by Crippen LogP contribution is 2.45. The molecule has 17 nitrogen and oxygen atoms in total. The largest absolute Gasteiger partial charge is 0.472 e. The van der Waals surface area contributed by atoms with Gasteiger partial charge in [-0.25, -0.2) is 9.13 Å². The van der Waals surface area contributed by atoms with Gasteiger partial charge in [0.1, 0.15) is 19.3 Å². The van der Waals surface area contributed by atoms with Gasteiger partial charge in [-0.05, 0) is 31.6 Å². The normalized spacial score (nSPS) is 14.0. The van der Waals surface area contributed by atoms with Crippen LogP contribution in [0.4, 0.5) is 0 Å². The lowest BCUT2D eigenvalue weighted by atomic mass is 10.0. The fourth-order valence-corrected chi connectivity index (χ4v) is 13.1. The number of phosphoric ester groups is 2. The highest BCUT2D eigenvalue weighted by atomic mass is 31.2. The van der Waals surface area contributed by atoms with E-state index >= 15 is 0 Å². The summed E-state index contributed by atoms with van der Waals surface area (Å²) in [6, 6.07) is 0. The average Bonchev–Trinajstić information content (AvgIpc) is 1.57. The highest BCUT2D eigenvalue weighted by molar-refractivity contribution is 7.47. The number of rotatable bonds is 75. The van der Waals surface area contributed by atoms with Crippen LogP contribution in [0.15, 0.2) is 0 Å². The predicted molar refractivity (Wildman–Crippen MR) is 382 cm³/mol. The Hall–Kier alpha value is -1.94. The van der Waals surface area contributed by atoms with Gasteiger partial charge in [0.25, 0.3) is 0 Å². The molecule has 19 heteroatoms. The van der Waals surface area contributed by atoms with Crippen molar-refractivity contribution in [1.29, 1.82) is 0 Å². The molecule has 3 N–H and O–H groups in total. The molecule has 0 bridgehead atoms. The lowest BCUT2D eigenvalue weighted by molar-refractivity contribution is -0.161. The summed E-state index contributed by atoms with van der Waals surface area (Å²) >= 11 is 0. The van der Waals surface area contributed by atoms with E-state index in [9.17, 15) is 43.2 Å². The van der Waals surface area contributed by atoms with Crippen molar-refractivity contribution < 1.29 is 80.2 Å². The maximum atomic E-state index is 13.1. The molecule has 0 saturated heterocycles. The van der Waals surface area contributed by atoms with Crippen LogP contribution >= 0.6 is 15.6 Å². The zero-order chi connectivity index (χ0) is 69.1. The number of hydrogen-bond acceptors (Lipinski definition) is 15. The molecule has 0 radical (unpaired) electrons. The van der Waals surface area contributed by atoms with Gasteiger partial charge in [0.15, 0.2) is 12.2 Å². The molecule has 0 rings (SSSR count). The van der Waals surface area contributed by atoms with E-state index in [1.807, 2.05) is 0 Å². The molecule has 0 aromatic rings. The summed E-state index contributed by atoms with van der Waals surface area (Å²) in [6.07, 6.45) is 57.2. The van der Waals surface area contributed by atoms with Gasteiger partial charge in [-0.15, -0.1) is 0 Å². The molecule has 94 heavy (non-hydrogen) atoms. The van der Waals surface area contributed by atoms with Crippen LogP contribution in [-0.2, 0) is 65.4 Å². The van der Waals surface area contributed by atoms with Gasteiger partial charge in [-0.3, -0.25) is 37.3 Å². The molecule has 0 fully saturated rings. The second-order valence-electron chi connectivity index (χ2n) is 27.5. The van der Waals surface area contributed by atoms with E-state index in [1.54, 1.807) is 0 Å². The molecular weight excluding hydrogens is 1230 g/mol. The molecule has 0 spiro atoms. The maximum absolute atomic E-state index is 13.1. The lowest BCUT2D eigenvalue weighted by Crippen LogP contribution is -2.30. The molecule has 0 aromatic carbocycles. The van der Waals surface area contributed by atoms with Crippen LogP contribution in [0.25, 0.3) is 0 Å². The Kier molecular flexibility index (Phi) is 66.8. The average molecular weight is 1380 g/mol. The SMILES string of the molecule is CCCCCCCCCCCCCCCCCCCCCCCCC(=O)O[C@H](COC(=O)CCCCCCCCCCCCCC)COP(=O)(O)OC[C@@H](O)COP(=O)(O)OC[C@@H](COC(=O)CCCCCCCCC(C)C)OC(=O)CCCCCCCCCCCCC. The molecule has 0 amide bonds. The zero-order valence-corrected chi connectivity index (χ0v) is 62.9. The first-order valence-corrected chi connectivity index (χ1v) is 42.1. The summed E-state index contributed by atoms with van der Waals surface area (Å²) in [5.41, 5.74) is 0. The number of carbonyl (C=O) groups is 4. The smallest absolute Gasteiger partial charge is 0.462 e. The predicted octanol–water partition coefficient (Wildman–Crippen LogP) is 22.1. The quantitative estimate of drug-likeness (QED) is 0.0222. The molecule has 0 aromatic heterocycles. The van der Waals surface area contributed by atoms with Crippen molar-refractivity contribution in [3.63, 3.8) is 0 Å². The fraction of sp³-hybridized carbons (Fsp3) is 0.947. The lowest BCUT2D eigenvalue weighted by Gasteiger charge is -2.21. The Bertz CT molecular complexity index is 1810. The van der Waals surface area contributed by atoms with Crippen molar-refractivity contribution >= 4 is 39.5 Å². The first-order valence-electron chi connectivity index (χ1n) is 39.1. The molecule has 0 aliphatic rings. The summed E-state index contributed by atoms with van der Waals surface area (Å²) < 4.78 is 68.4. The van der Waals surface area contributed by atoms with E-state index in [4.69, 9.17) is 37.0 Å². The Morgan fingerprint density at radius 1 is 0.287 bits per heavy atom. The van der Waals surface area contributed by atoms with Gasteiger partial charge in [0.2, 0.25) is 0 Å². The summed E-state index contributed by atoms with van der Waals surface area (Å²) in [5.74, 6) is -1.44. The minimum absolute atomic E-state index is 0.106. The summed E-state index contributed by atoms with van der Waals surface area (Å²) in [4.78, 5) is 72.6. The van der Waals surface area contributed by atoms with Crippen molar-refractivity contribution in [2.75, 3.05) is 39.6 Å². The van der Waals surface area contributed by atoms with Gasteiger partial charge in [-0.1, -0.05) is 343 Å². The molecule has 558 valence electrons. The van der Waals surface area contributed by atoms with Crippen LogP contribution in [-0.4, -0.2) is 96.7 Å². The number of aliphatic hydroxyl groups excluding tert-OH is 1. The first kappa shape index (κ1) is 92.1. The van der Waals surface area contributed by atoms with E-state index in [0.717, 1.165) is 96.3 Å². The highest BCUT2D eigenvalue weighted by Gasteiger charge is 2.30. The van der Waals surface area contributed by atoms with Crippen LogP contribution < -0.4 is 0 Å². The second-order valence-corrected chi connectivity index (χ2v) is 30.4. The van der Waals surface area contributed by atoms with E-state index in [-0.39, 0.29) is 25.7 Å². The Labute approximate surface area is 575 Å². The van der Waals surface area contributed by atoms with E-state index in [1.165, 1.54) is 212 Å². The summed E-state index contributed by atoms with van der Waals surface area (Å²) in [5, 5.41) is 10.6. The van der Waals surface area contributed by atoms with Crippen molar-refractivity contribution in [2.45, 2.75) is 412 Å². The van der Waals surface area contributed by atoms with Crippen molar-refractivity contribution in [2.24, 2.45) is 5.92 Å². The van der Waals surface area contributed by atoms with Crippen LogP contribution in [0.3, 0.4) is 0 Å². The fourth-order valence-electron chi connectivity index (χ4n) is 11.5. The third-order valence-corrected chi connectivity index (χ3v) is 19.4. The van der Waals surface area contributed by atoms with Crippen molar-refractivity contribution in [3.8, 4) is 0 Å². The maximum Gasteiger partial charge on any atom is 0.472 e. The summed E-state index contributed by atoms with van der Waals surface area (Å²) in [6.45, 7) is 7.19. The Balaban J connectivity index is 5.15.